The fraction of sp³-hybridized carbons (Fsp3) is 0.364. The zero-order chi connectivity index (χ0) is 11.3. The molecule has 1 rings (SSSR count). The van der Waals surface area contributed by atoms with Crippen molar-refractivity contribution in [2.75, 3.05) is 19.0 Å². The van der Waals surface area contributed by atoms with Crippen LogP contribution in [-0.2, 0) is 9.53 Å². The fourth-order valence-corrected chi connectivity index (χ4v) is 1.58. The zero-order valence-electron chi connectivity index (χ0n) is 8.79. The van der Waals surface area contributed by atoms with E-state index in [4.69, 9.17) is 0 Å². The van der Waals surface area contributed by atoms with Gasteiger partial charge in [0.15, 0.2) is 0 Å². The lowest BCUT2D eigenvalue weighted by Gasteiger charge is -2.12. The third-order valence-electron chi connectivity index (χ3n) is 2.08. The lowest BCUT2D eigenvalue weighted by atomic mass is 10.2. The molecule has 0 aromatic heterocycles. The van der Waals surface area contributed by atoms with Crippen molar-refractivity contribution in [3.8, 4) is 0 Å². The topological polar surface area (TPSA) is 38.3 Å². The molecule has 1 unspecified atom stereocenters. The Hall–Kier alpha value is -1.03. The Morgan fingerprint density at radius 2 is 2.20 bits per heavy atom. The maximum Gasteiger partial charge on any atom is 0.310 e. The van der Waals surface area contributed by atoms with Crippen molar-refractivity contribution in [1.82, 2.24) is 0 Å². The smallest absolute Gasteiger partial charge is 0.310 e. The van der Waals surface area contributed by atoms with Gasteiger partial charge >= 0.3 is 5.97 Å². The zero-order valence-corrected chi connectivity index (χ0v) is 10.4. The molecule has 0 aliphatic carbocycles. The molecule has 0 aliphatic rings. The molecule has 4 heteroatoms. The number of methoxy groups -OCH3 is 1. The van der Waals surface area contributed by atoms with E-state index in [0.717, 1.165) is 10.2 Å². The number of benzene rings is 1. The van der Waals surface area contributed by atoms with Crippen molar-refractivity contribution in [2.24, 2.45) is 5.92 Å². The first-order valence-electron chi connectivity index (χ1n) is 4.71. The highest BCUT2D eigenvalue weighted by atomic mass is 79.9. The van der Waals surface area contributed by atoms with Crippen LogP contribution < -0.4 is 5.32 Å². The summed E-state index contributed by atoms with van der Waals surface area (Å²) in [5, 5.41) is 3.18. The molecule has 15 heavy (non-hydrogen) atoms. The van der Waals surface area contributed by atoms with Gasteiger partial charge in [-0.1, -0.05) is 19.1 Å². The maximum atomic E-state index is 11.1. The summed E-state index contributed by atoms with van der Waals surface area (Å²) in [6.07, 6.45) is 0. The monoisotopic (exact) mass is 271 g/mol. The van der Waals surface area contributed by atoms with Crippen LogP contribution in [0.2, 0.25) is 0 Å². The Bertz CT molecular complexity index is 341. The van der Waals surface area contributed by atoms with Crippen molar-refractivity contribution in [3.63, 3.8) is 0 Å². The molecule has 0 bridgehead atoms. The van der Waals surface area contributed by atoms with Crippen LogP contribution in [0.15, 0.2) is 28.7 Å². The molecule has 0 radical (unpaired) electrons. The van der Waals surface area contributed by atoms with Crippen LogP contribution in [-0.4, -0.2) is 19.6 Å². The minimum Gasteiger partial charge on any atom is -0.469 e. The molecule has 1 atom stereocenters. The van der Waals surface area contributed by atoms with Gasteiger partial charge in [-0.25, -0.2) is 0 Å². The summed E-state index contributed by atoms with van der Waals surface area (Å²) >= 11 is 3.42. The first-order valence-corrected chi connectivity index (χ1v) is 5.50. The summed E-state index contributed by atoms with van der Waals surface area (Å²) < 4.78 is 5.63. The Morgan fingerprint density at radius 3 is 2.80 bits per heavy atom. The largest absolute Gasteiger partial charge is 0.469 e. The molecule has 1 N–H and O–H groups in total. The van der Waals surface area contributed by atoms with E-state index in [-0.39, 0.29) is 11.9 Å². The van der Waals surface area contributed by atoms with Crippen molar-refractivity contribution in [1.29, 1.82) is 0 Å². The molecule has 0 heterocycles. The highest BCUT2D eigenvalue weighted by molar-refractivity contribution is 9.10. The summed E-state index contributed by atoms with van der Waals surface area (Å²) in [7, 11) is 1.40. The molecule has 0 amide bonds. The van der Waals surface area contributed by atoms with Gasteiger partial charge in [0.25, 0.3) is 0 Å². The highest BCUT2D eigenvalue weighted by Crippen LogP contribution is 2.21. The highest BCUT2D eigenvalue weighted by Gasteiger charge is 2.12. The van der Waals surface area contributed by atoms with E-state index in [1.165, 1.54) is 7.11 Å². The van der Waals surface area contributed by atoms with Crippen LogP contribution in [0.4, 0.5) is 5.69 Å². The van der Waals surface area contributed by atoms with E-state index in [9.17, 15) is 4.79 Å². The number of rotatable bonds is 4. The van der Waals surface area contributed by atoms with Crippen molar-refractivity contribution >= 4 is 27.6 Å². The van der Waals surface area contributed by atoms with Crippen LogP contribution in [0.1, 0.15) is 6.92 Å². The van der Waals surface area contributed by atoms with Crippen LogP contribution in [0.3, 0.4) is 0 Å². The molecular formula is C11H14BrNO2. The van der Waals surface area contributed by atoms with Gasteiger partial charge in [0, 0.05) is 16.7 Å². The van der Waals surface area contributed by atoms with E-state index < -0.39 is 0 Å². The summed E-state index contributed by atoms with van der Waals surface area (Å²) in [6.45, 7) is 2.39. The predicted molar refractivity (Wildman–Crippen MR) is 63.8 cm³/mol. The molecule has 1 aromatic carbocycles. The molecule has 0 spiro atoms. The molecule has 0 aliphatic heterocycles. The van der Waals surface area contributed by atoms with Crippen LogP contribution in [0, 0.1) is 5.92 Å². The van der Waals surface area contributed by atoms with Gasteiger partial charge < -0.3 is 10.1 Å². The summed E-state index contributed by atoms with van der Waals surface area (Å²) in [5.41, 5.74) is 0.980. The lowest BCUT2D eigenvalue weighted by Crippen LogP contribution is -2.21. The normalized spacial score (nSPS) is 11.9. The molecule has 0 fully saturated rings. The molecule has 82 valence electrons. The predicted octanol–water partition coefficient (Wildman–Crippen LogP) is 2.67. The third kappa shape index (κ3) is 3.55. The average Bonchev–Trinajstić information content (AvgIpc) is 2.26. The number of hydrogen-bond acceptors (Lipinski definition) is 3. The average molecular weight is 272 g/mol. The molecule has 3 nitrogen and oxygen atoms in total. The van der Waals surface area contributed by atoms with E-state index in [1.807, 2.05) is 31.2 Å². The first kappa shape index (κ1) is 12.0. The maximum absolute atomic E-state index is 11.1. The second-order valence-corrected chi connectivity index (χ2v) is 4.14. The van der Waals surface area contributed by atoms with Crippen molar-refractivity contribution in [2.45, 2.75) is 6.92 Å². The second kappa shape index (κ2) is 5.75. The van der Waals surface area contributed by atoms with E-state index >= 15 is 0 Å². The van der Waals surface area contributed by atoms with Gasteiger partial charge in [-0.3, -0.25) is 4.79 Å². The van der Waals surface area contributed by atoms with Crippen LogP contribution in [0.5, 0.6) is 0 Å². The van der Waals surface area contributed by atoms with E-state index in [1.54, 1.807) is 0 Å². The third-order valence-corrected chi connectivity index (χ3v) is 2.77. The van der Waals surface area contributed by atoms with Gasteiger partial charge in [0.05, 0.1) is 13.0 Å². The van der Waals surface area contributed by atoms with Crippen molar-refractivity contribution < 1.29 is 9.53 Å². The Kier molecular flexibility index (Phi) is 4.62. The molecular weight excluding hydrogens is 258 g/mol. The standard InChI is InChI=1S/C11H14BrNO2/c1-8(11(14)15-2)7-13-10-6-4-3-5-9(10)12/h3-6,8,13H,7H2,1-2H3. The minimum absolute atomic E-state index is 0.151. The van der Waals surface area contributed by atoms with Crippen LogP contribution in [0.25, 0.3) is 0 Å². The molecule has 0 saturated carbocycles. The van der Waals surface area contributed by atoms with Gasteiger partial charge in [-0.05, 0) is 28.1 Å². The van der Waals surface area contributed by atoms with E-state index in [2.05, 4.69) is 26.0 Å². The van der Waals surface area contributed by atoms with Crippen molar-refractivity contribution in [3.05, 3.63) is 28.7 Å². The number of para-hydroxylation sites is 1. The number of hydrogen-bond donors (Lipinski definition) is 1. The number of carbonyl (C=O) groups is 1. The summed E-state index contributed by atoms with van der Waals surface area (Å²) in [4.78, 5) is 11.1. The Labute approximate surface area is 97.9 Å². The van der Waals surface area contributed by atoms with Crippen LogP contribution >= 0.6 is 15.9 Å². The van der Waals surface area contributed by atoms with Gasteiger partial charge in [0.2, 0.25) is 0 Å². The second-order valence-electron chi connectivity index (χ2n) is 3.28. The quantitative estimate of drug-likeness (QED) is 0.856. The number of esters is 1. The number of halogens is 1. The first-order chi connectivity index (χ1) is 7.15. The van der Waals surface area contributed by atoms with E-state index in [0.29, 0.717) is 6.54 Å². The number of carbonyl (C=O) groups excluding carboxylic acids is 1. The number of nitrogens with one attached hydrogen (secondary N) is 1. The Balaban J connectivity index is 2.50. The van der Waals surface area contributed by atoms with Gasteiger partial charge in [-0.2, -0.15) is 0 Å². The lowest BCUT2D eigenvalue weighted by molar-refractivity contribution is -0.144. The van der Waals surface area contributed by atoms with Gasteiger partial charge in [-0.15, -0.1) is 0 Å². The molecule has 0 saturated heterocycles. The number of ether oxygens (including phenoxy) is 1. The fourth-order valence-electron chi connectivity index (χ4n) is 1.15. The van der Waals surface area contributed by atoms with Gasteiger partial charge in [0.1, 0.15) is 0 Å². The SMILES string of the molecule is COC(=O)C(C)CNc1ccccc1Br. The number of anilines is 1. The Morgan fingerprint density at radius 1 is 1.53 bits per heavy atom. The summed E-state index contributed by atoms with van der Waals surface area (Å²) in [6, 6.07) is 7.79. The minimum atomic E-state index is -0.199. The summed E-state index contributed by atoms with van der Waals surface area (Å²) in [5.74, 6) is -0.350. The molecule has 1 aromatic rings.